The molecule has 0 saturated carbocycles. The Morgan fingerprint density at radius 2 is 2.09 bits per heavy atom. The van der Waals surface area contributed by atoms with Crippen molar-refractivity contribution in [2.24, 2.45) is 5.92 Å². The molecular weight excluding hydrogens is 283 g/mol. The van der Waals surface area contributed by atoms with E-state index in [1.807, 2.05) is 6.07 Å². The van der Waals surface area contributed by atoms with Crippen molar-refractivity contribution in [3.8, 4) is 6.07 Å². The number of ketones is 1. The summed E-state index contributed by atoms with van der Waals surface area (Å²) in [6.07, 6.45) is 1.59. The summed E-state index contributed by atoms with van der Waals surface area (Å²) in [6, 6.07) is 6.87. The molecule has 2 bridgehead atoms. The van der Waals surface area contributed by atoms with Crippen LogP contribution < -0.4 is 0 Å². The van der Waals surface area contributed by atoms with E-state index >= 15 is 0 Å². The third-order valence-electron chi connectivity index (χ3n) is 4.84. The van der Waals surface area contributed by atoms with Crippen molar-refractivity contribution in [2.45, 2.75) is 31.3 Å². The second-order valence-corrected chi connectivity index (χ2v) is 6.19. The van der Waals surface area contributed by atoms with Gasteiger partial charge in [0.05, 0.1) is 31.3 Å². The molecule has 0 N–H and O–H groups in total. The summed E-state index contributed by atoms with van der Waals surface area (Å²) in [7, 11) is 2.06. The van der Waals surface area contributed by atoms with Crippen LogP contribution in [0.3, 0.4) is 0 Å². The number of carbonyl (C=O) groups excluding carboxylic acids is 1. The highest BCUT2D eigenvalue weighted by molar-refractivity contribution is 5.98. The molecular formula is C17H19FN2O2. The number of rotatable bonds is 3. The molecule has 2 heterocycles. The Kier molecular flexibility index (Phi) is 4.23. The van der Waals surface area contributed by atoms with Gasteiger partial charge in [-0.1, -0.05) is 6.07 Å². The van der Waals surface area contributed by atoms with Gasteiger partial charge in [-0.25, -0.2) is 4.39 Å². The second-order valence-electron chi connectivity index (χ2n) is 6.19. The minimum Gasteiger partial charge on any atom is -0.378 e. The molecule has 22 heavy (non-hydrogen) atoms. The Balaban J connectivity index is 1.82. The molecule has 1 aromatic carbocycles. The van der Waals surface area contributed by atoms with Crippen LogP contribution in [0.5, 0.6) is 0 Å². The quantitative estimate of drug-likeness (QED) is 0.803. The van der Waals surface area contributed by atoms with E-state index in [2.05, 4.69) is 11.9 Å². The number of nitriles is 1. The molecule has 2 unspecified atom stereocenters. The summed E-state index contributed by atoms with van der Waals surface area (Å²) < 4.78 is 19.6. The molecule has 2 fully saturated rings. The molecule has 2 aliphatic rings. The number of halogens is 1. The van der Waals surface area contributed by atoms with Crippen LogP contribution in [-0.4, -0.2) is 43.0 Å². The van der Waals surface area contributed by atoms with Crippen LogP contribution in [0.4, 0.5) is 4.39 Å². The summed E-state index contributed by atoms with van der Waals surface area (Å²) in [5, 5.41) is 8.76. The molecule has 2 atom stereocenters. The lowest BCUT2D eigenvalue weighted by molar-refractivity contribution is -0.0702. The molecule has 1 aromatic rings. The molecule has 5 heteroatoms. The van der Waals surface area contributed by atoms with Gasteiger partial charge in [0, 0.05) is 18.0 Å². The van der Waals surface area contributed by atoms with Crippen LogP contribution in [0.25, 0.3) is 0 Å². The van der Waals surface area contributed by atoms with Crippen LogP contribution in [0.15, 0.2) is 18.2 Å². The predicted octanol–water partition coefficient (Wildman–Crippen LogP) is 2.18. The first-order chi connectivity index (χ1) is 10.6. The van der Waals surface area contributed by atoms with Crippen LogP contribution in [-0.2, 0) is 11.2 Å². The fourth-order valence-corrected chi connectivity index (χ4v) is 3.49. The molecule has 2 saturated heterocycles. The summed E-state index contributed by atoms with van der Waals surface area (Å²) in [5.74, 6) is -0.795. The summed E-state index contributed by atoms with van der Waals surface area (Å²) in [6.45, 7) is 1.27. The van der Waals surface area contributed by atoms with Gasteiger partial charge in [-0.05, 0) is 37.6 Å². The Morgan fingerprint density at radius 3 is 2.73 bits per heavy atom. The van der Waals surface area contributed by atoms with E-state index in [0.29, 0.717) is 31.6 Å². The second kappa shape index (κ2) is 6.15. The molecule has 0 spiro atoms. The van der Waals surface area contributed by atoms with E-state index in [4.69, 9.17) is 10.00 Å². The highest BCUT2D eigenvalue weighted by Gasteiger charge is 2.40. The summed E-state index contributed by atoms with van der Waals surface area (Å²) in [4.78, 5) is 15.0. The number of Topliss-reactive ketones (excluding diaryl/α,β-unsaturated/α-hetero) is 1. The van der Waals surface area contributed by atoms with Crippen LogP contribution in [0.1, 0.15) is 28.8 Å². The molecule has 3 rings (SSSR count). The van der Waals surface area contributed by atoms with Gasteiger partial charge >= 0.3 is 0 Å². The number of nitrogens with zero attached hydrogens (tertiary/aromatic N) is 2. The molecule has 0 aromatic heterocycles. The molecule has 4 nitrogen and oxygen atoms in total. The van der Waals surface area contributed by atoms with Crippen molar-refractivity contribution in [1.82, 2.24) is 4.90 Å². The fraction of sp³-hybridized carbons (Fsp3) is 0.529. The van der Waals surface area contributed by atoms with E-state index in [-0.39, 0.29) is 35.8 Å². The number of morpholine rings is 1. The van der Waals surface area contributed by atoms with Gasteiger partial charge in [0.2, 0.25) is 0 Å². The lowest BCUT2D eigenvalue weighted by Gasteiger charge is -2.46. The zero-order valence-electron chi connectivity index (χ0n) is 12.6. The highest BCUT2D eigenvalue weighted by Crippen LogP contribution is 2.33. The number of hydrogen-bond acceptors (Lipinski definition) is 4. The van der Waals surface area contributed by atoms with Gasteiger partial charge in [0.15, 0.2) is 5.78 Å². The first-order valence-corrected chi connectivity index (χ1v) is 7.59. The predicted molar refractivity (Wildman–Crippen MR) is 78.9 cm³/mol. The van der Waals surface area contributed by atoms with E-state index in [1.165, 1.54) is 12.1 Å². The smallest absolute Gasteiger partial charge is 0.169 e. The van der Waals surface area contributed by atoms with Crippen molar-refractivity contribution in [1.29, 1.82) is 5.26 Å². The van der Waals surface area contributed by atoms with Gasteiger partial charge in [-0.15, -0.1) is 0 Å². The van der Waals surface area contributed by atoms with Gasteiger partial charge in [0.1, 0.15) is 5.82 Å². The first kappa shape index (κ1) is 15.1. The summed E-state index contributed by atoms with van der Waals surface area (Å²) >= 11 is 0. The maximum Gasteiger partial charge on any atom is 0.169 e. The fourth-order valence-electron chi connectivity index (χ4n) is 3.49. The molecule has 116 valence electrons. The Bertz CT molecular complexity index is 612. The SMILES string of the molecule is CN1C2COCC1CC(C(=O)c1cc(CC#N)ccc1F)C2. The maximum absolute atomic E-state index is 14.0. The minimum atomic E-state index is -0.493. The van der Waals surface area contributed by atoms with Crippen molar-refractivity contribution < 1.29 is 13.9 Å². The average Bonchev–Trinajstić information content (AvgIpc) is 2.48. The Labute approximate surface area is 129 Å². The number of carbonyl (C=O) groups is 1. The van der Waals surface area contributed by atoms with Gasteiger partial charge < -0.3 is 4.74 Å². The highest BCUT2D eigenvalue weighted by atomic mass is 19.1. The monoisotopic (exact) mass is 302 g/mol. The van der Waals surface area contributed by atoms with Crippen LogP contribution in [0.2, 0.25) is 0 Å². The number of fused-ring (bicyclic) bond motifs is 2. The molecule has 2 aliphatic heterocycles. The summed E-state index contributed by atoms with van der Waals surface area (Å²) in [5.41, 5.74) is 0.810. The zero-order valence-corrected chi connectivity index (χ0v) is 12.6. The number of benzene rings is 1. The average molecular weight is 302 g/mol. The van der Waals surface area contributed by atoms with E-state index in [9.17, 15) is 9.18 Å². The lowest BCUT2D eigenvalue weighted by atomic mass is 9.80. The number of ether oxygens (including phenoxy) is 1. The maximum atomic E-state index is 14.0. The van der Waals surface area contributed by atoms with Crippen molar-refractivity contribution in [2.75, 3.05) is 20.3 Å². The largest absolute Gasteiger partial charge is 0.378 e. The van der Waals surface area contributed by atoms with E-state index < -0.39 is 5.82 Å². The third-order valence-corrected chi connectivity index (χ3v) is 4.84. The van der Waals surface area contributed by atoms with E-state index in [0.717, 1.165) is 0 Å². The molecule has 0 amide bonds. The van der Waals surface area contributed by atoms with E-state index in [1.54, 1.807) is 6.07 Å². The third kappa shape index (κ3) is 2.77. The standard InChI is InChI=1S/C17H19FN2O2/c1-20-13-7-12(8-14(20)10-22-9-13)17(21)15-6-11(4-5-19)2-3-16(15)18/h2-3,6,12-14H,4,7-10H2,1H3. The Morgan fingerprint density at radius 1 is 1.41 bits per heavy atom. The Hall–Kier alpha value is -1.77. The van der Waals surface area contributed by atoms with Gasteiger partial charge in [-0.2, -0.15) is 5.26 Å². The van der Waals surface area contributed by atoms with Gasteiger partial charge in [-0.3, -0.25) is 9.69 Å². The van der Waals surface area contributed by atoms with Crippen LogP contribution in [0, 0.1) is 23.1 Å². The molecule has 0 radical (unpaired) electrons. The zero-order chi connectivity index (χ0) is 15.7. The number of piperidine rings is 1. The van der Waals surface area contributed by atoms with Crippen LogP contribution >= 0.6 is 0 Å². The first-order valence-electron chi connectivity index (χ1n) is 7.59. The lowest BCUT2D eigenvalue weighted by Crippen LogP contribution is -2.55. The normalized spacial score (nSPS) is 28.1. The van der Waals surface area contributed by atoms with Gasteiger partial charge in [0.25, 0.3) is 0 Å². The molecule has 0 aliphatic carbocycles. The minimum absolute atomic E-state index is 0.126. The number of hydrogen-bond donors (Lipinski definition) is 0. The number of likely N-dealkylation sites (N-methyl/N-ethyl adjacent to an activating group) is 1. The van der Waals surface area contributed by atoms with Crippen molar-refractivity contribution >= 4 is 5.78 Å². The topological polar surface area (TPSA) is 53.3 Å². The van der Waals surface area contributed by atoms with Crippen molar-refractivity contribution in [3.05, 3.63) is 35.1 Å². The van der Waals surface area contributed by atoms with Crippen molar-refractivity contribution in [3.63, 3.8) is 0 Å².